The number of carbonyl (C=O) groups excluding carboxylic acids is 2. The van der Waals surface area contributed by atoms with E-state index in [1.165, 1.54) is 0 Å². The van der Waals surface area contributed by atoms with E-state index in [1.807, 2.05) is 18.2 Å². The van der Waals surface area contributed by atoms with E-state index in [9.17, 15) is 9.59 Å². The smallest absolute Gasteiger partial charge is 0.258 e. The molecule has 20 heavy (non-hydrogen) atoms. The molecule has 4 heteroatoms. The van der Waals surface area contributed by atoms with Crippen molar-refractivity contribution >= 4 is 29.0 Å². The van der Waals surface area contributed by atoms with E-state index >= 15 is 0 Å². The van der Waals surface area contributed by atoms with Crippen molar-refractivity contribution in [2.45, 2.75) is 6.42 Å². The number of benzene rings is 2. The number of carbonyl (C=O) groups is 2. The van der Waals surface area contributed by atoms with Gasteiger partial charge in [-0.25, -0.2) is 0 Å². The van der Waals surface area contributed by atoms with Crippen molar-refractivity contribution in [3.05, 3.63) is 64.7 Å². The van der Waals surface area contributed by atoms with Gasteiger partial charge in [0.1, 0.15) is 0 Å². The highest BCUT2D eigenvalue weighted by atomic mass is 35.5. The van der Waals surface area contributed by atoms with Gasteiger partial charge >= 0.3 is 0 Å². The summed E-state index contributed by atoms with van der Waals surface area (Å²) in [6, 6.07) is 14.1. The first-order valence-corrected chi connectivity index (χ1v) is 6.74. The molecule has 0 saturated carbocycles. The lowest BCUT2D eigenvalue weighted by Gasteiger charge is -2.28. The van der Waals surface area contributed by atoms with Crippen LogP contribution in [0.4, 0.5) is 5.69 Å². The Balaban J connectivity index is 2.03. The first kappa shape index (κ1) is 12.9. The SMILES string of the molecule is O=C1CCN(C(=O)c2ccccc2)c2ccc(Cl)cc21. The summed E-state index contributed by atoms with van der Waals surface area (Å²) < 4.78 is 0. The van der Waals surface area contributed by atoms with Crippen LogP contribution in [0.3, 0.4) is 0 Å². The monoisotopic (exact) mass is 285 g/mol. The zero-order valence-electron chi connectivity index (χ0n) is 10.7. The molecule has 0 N–H and O–H groups in total. The average Bonchev–Trinajstić information content (AvgIpc) is 2.48. The highest BCUT2D eigenvalue weighted by Crippen LogP contribution is 2.30. The van der Waals surface area contributed by atoms with Gasteiger partial charge in [0.25, 0.3) is 5.91 Å². The molecule has 0 aliphatic carbocycles. The van der Waals surface area contributed by atoms with E-state index in [1.54, 1.807) is 35.2 Å². The van der Waals surface area contributed by atoms with Crippen LogP contribution < -0.4 is 4.90 Å². The molecule has 0 aromatic heterocycles. The third-order valence-corrected chi connectivity index (χ3v) is 3.61. The van der Waals surface area contributed by atoms with Crippen LogP contribution in [-0.2, 0) is 0 Å². The molecule has 2 aromatic rings. The van der Waals surface area contributed by atoms with Gasteiger partial charge in [0.2, 0.25) is 0 Å². The molecule has 0 radical (unpaired) electrons. The topological polar surface area (TPSA) is 37.4 Å². The van der Waals surface area contributed by atoms with Gasteiger partial charge < -0.3 is 4.90 Å². The maximum atomic E-state index is 12.5. The Morgan fingerprint density at radius 2 is 1.85 bits per heavy atom. The van der Waals surface area contributed by atoms with Gasteiger partial charge in [0, 0.05) is 29.1 Å². The molecule has 2 aromatic carbocycles. The number of hydrogen-bond acceptors (Lipinski definition) is 2. The highest BCUT2D eigenvalue weighted by molar-refractivity contribution is 6.31. The van der Waals surface area contributed by atoms with Crippen molar-refractivity contribution in [2.24, 2.45) is 0 Å². The van der Waals surface area contributed by atoms with Gasteiger partial charge in [0.15, 0.2) is 5.78 Å². The number of amides is 1. The number of fused-ring (bicyclic) bond motifs is 1. The summed E-state index contributed by atoms with van der Waals surface area (Å²) in [4.78, 5) is 26.1. The van der Waals surface area contributed by atoms with Crippen LogP contribution in [0, 0.1) is 0 Å². The number of Topliss-reactive ketones (excluding diaryl/α,β-unsaturated/α-hetero) is 1. The van der Waals surface area contributed by atoms with Gasteiger partial charge in [0.05, 0.1) is 5.69 Å². The molecule has 1 aliphatic rings. The molecule has 0 fully saturated rings. The first-order valence-electron chi connectivity index (χ1n) is 6.36. The summed E-state index contributed by atoms with van der Waals surface area (Å²) in [5.41, 5.74) is 1.77. The van der Waals surface area contributed by atoms with Crippen LogP contribution in [0.15, 0.2) is 48.5 Å². The van der Waals surface area contributed by atoms with E-state index in [0.717, 1.165) is 0 Å². The number of hydrogen-bond donors (Lipinski definition) is 0. The molecule has 1 heterocycles. The van der Waals surface area contributed by atoms with Crippen molar-refractivity contribution in [2.75, 3.05) is 11.4 Å². The maximum absolute atomic E-state index is 12.5. The third-order valence-electron chi connectivity index (χ3n) is 3.38. The Hall–Kier alpha value is -2.13. The van der Waals surface area contributed by atoms with Crippen LogP contribution in [-0.4, -0.2) is 18.2 Å². The summed E-state index contributed by atoms with van der Waals surface area (Å²) >= 11 is 5.93. The second-order valence-corrected chi connectivity index (χ2v) is 5.09. The average molecular weight is 286 g/mol. The molecule has 3 rings (SSSR count). The van der Waals surface area contributed by atoms with Crippen LogP contribution in [0.5, 0.6) is 0 Å². The molecule has 0 spiro atoms. The summed E-state index contributed by atoms with van der Waals surface area (Å²) in [7, 11) is 0. The molecule has 0 atom stereocenters. The minimum atomic E-state index is -0.0957. The van der Waals surface area contributed by atoms with Crippen LogP contribution in [0.25, 0.3) is 0 Å². The molecular formula is C16H12ClNO2. The van der Waals surface area contributed by atoms with Gasteiger partial charge in [-0.15, -0.1) is 0 Å². The van der Waals surface area contributed by atoms with Crippen LogP contribution in [0.2, 0.25) is 5.02 Å². The zero-order valence-corrected chi connectivity index (χ0v) is 11.4. The van der Waals surface area contributed by atoms with Crippen molar-refractivity contribution in [3.63, 3.8) is 0 Å². The van der Waals surface area contributed by atoms with E-state index in [4.69, 9.17) is 11.6 Å². The predicted octanol–water partition coefficient (Wildman–Crippen LogP) is 3.57. The lowest BCUT2D eigenvalue weighted by atomic mass is 9.99. The number of nitrogens with zero attached hydrogens (tertiary/aromatic N) is 1. The largest absolute Gasteiger partial charge is 0.307 e. The van der Waals surface area contributed by atoms with Crippen LogP contribution in [0.1, 0.15) is 27.1 Å². The summed E-state index contributed by atoms with van der Waals surface area (Å²) in [6.45, 7) is 0.404. The van der Waals surface area contributed by atoms with Gasteiger partial charge in [-0.1, -0.05) is 29.8 Å². The number of rotatable bonds is 1. The minimum Gasteiger partial charge on any atom is -0.307 e. The molecule has 1 aliphatic heterocycles. The fourth-order valence-corrected chi connectivity index (χ4v) is 2.56. The predicted molar refractivity (Wildman–Crippen MR) is 78.5 cm³/mol. The Bertz CT molecular complexity index is 682. The van der Waals surface area contributed by atoms with E-state index in [2.05, 4.69) is 0 Å². The number of anilines is 1. The third kappa shape index (κ3) is 2.21. The minimum absolute atomic E-state index is 0.0274. The standard InChI is InChI=1S/C16H12ClNO2/c17-12-6-7-14-13(10-12)15(19)8-9-18(14)16(20)11-4-2-1-3-5-11/h1-7,10H,8-9H2. The van der Waals surface area contributed by atoms with Gasteiger partial charge in [-0.2, -0.15) is 0 Å². The van der Waals surface area contributed by atoms with Crippen molar-refractivity contribution in [1.29, 1.82) is 0 Å². The Morgan fingerprint density at radius 1 is 1.10 bits per heavy atom. The molecule has 0 unspecified atom stereocenters. The van der Waals surface area contributed by atoms with Crippen molar-refractivity contribution in [3.8, 4) is 0 Å². The molecule has 3 nitrogen and oxygen atoms in total. The summed E-state index contributed by atoms with van der Waals surface area (Å²) in [5, 5.41) is 0.506. The molecule has 0 bridgehead atoms. The lowest BCUT2D eigenvalue weighted by molar-refractivity contribution is 0.0955. The zero-order chi connectivity index (χ0) is 14.1. The highest BCUT2D eigenvalue weighted by Gasteiger charge is 2.27. The number of halogens is 1. The van der Waals surface area contributed by atoms with Gasteiger partial charge in [-0.05, 0) is 30.3 Å². The van der Waals surface area contributed by atoms with E-state index < -0.39 is 0 Å². The molecule has 0 saturated heterocycles. The van der Waals surface area contributed by atoms with Gasteiger partial charge in [-0.3, -0.25) is 9.59 Å². The lowest BCUT2D eigenvalue weighted by Crippen LogP contribution is -2.37. The van der Waals surface area contributed by atoms with E-state index in [0.29, 0.717) is 34.8 Å². The molecular weight excluding hydrogens is 274 g/mol. The Morgan fingerprint density at radius 3 is 2.60 bits per heavy atom. The number of ketones is 1. The first-order chi connectivity index (χ1) is 9.66. The Labute approximate surface area is 121 Å². The quantitative estimate of drug-likeness (QED) is 0.803. The molecule has 100 valence electrons. The van der Waals surface area contributed by atoms with E-state index in [-0.39, 0.29) is 11.7 Å². The Kier molecular flexibility index (Phi) is 3.28. The summed E-state index contributed by atoms with van der Waals surface area (Å²) in [6.07, 6.45) is 0.325. The van der Waals surface area contributed by atoms with Crippen LogP contribution >= 0.6 is 11.6 Å². The second-order valence-electron chi connectivity index (χ2n) is 4.66. The summed E-state index contributed by atoms with van der Waals surface area (Å²) in [5.74, 6) is -0.0683. The normalized spacial score (nSPS) is 14.1. The van der Waals surface area contributed by atoms with Crippen molar-refractivity contribution < 1.29 is 9.59 Å². The maximum Gasteiger partial charge on any atom is 0.258 e. The molecule has 1 amide bonds. The fraction of sp³-hybridized carbons (Fsp3) is 0.125. The second kappa shape index (κ2) is 5.10. The fourth-order valence-electron chi connectivity index (χ4n) is 2.38. The van der Waals surface area contributed by atoms with Crippen molar-refractivity contribution in [1.82, 2.24) is 0 Å².